The van der Waals surface area contributed by atoms with Gasteiger partial charge in [-0.3, -0.25) is 4.68 Å². The van der Waals surface area contributed by atoms with Crippen LogP contribution in [0.3, 0.4) is 0 Å². The van der Waals surface area contributed by atoms with Crippen LogP contribution in [-0.4, -0.2) is 51.6 Å². The van der Waals surface area contributed by atoms with Crippen LogP contribution in [0.2, 0.25) is 5.02 Å². The van der Waals surface area contributed by atoms with Crippen LogP contribution in [0.5, 0.6) is 0 Å². The lowest BCUT2D eigenvalue weighted by molar-refractivity contribution is -0.0130. The van der Waals surface area contributed by atoms with Gasteiger partial charge >= 0.3 is 12.1 Å². The predicted molar refractivity (Wildman–Crippen MR) is 103 cm³/mol. The zero-order chi connectivity index (χ0) is 20.9. The average Bonchev–Trinajstić information content (AvgIpc) is 3.20. The average molecular weight is 425 g/mol. The second kappa shape index (κ2) is 7.14. The molecule has 10 heteroatoms. The topological polar surface area (TPSA) is 96.7 Å². The third-order valence-corrected chi connectivity index (χ3v) is 6.43. The van der Waals surface area contributed by atoms with E-state index in [1.165, 1.54) is 11.0 Å². The summed E-state index contributed by atoms with van der Waals surface area (Å²) in [5.74, 6) is -0.679. The van der Waals surface area contributed by atoms with Gasteiger partial charge in [0.05, 0.1) is 28.9 Å². The van der Waals surface area contributed by atoms with E-state index >= 15 is 0 Å². The Kier molecular flexibility index (Phi) is 4.90. The zero-order valence-electron chi connectivity index (χ0n) is 16.1. The van der Waals surface area contributed by atoms with E-state index in [4.69, 9.17) is 16.3 Å². The van der Waals surface area contributed by atoms with Gasteiger partial charge in [-0.1, -0.05) is 11.6 Å². The molecule has 2 aliphatic heterocycles. The number of rotatable bonds is 2. The quantitative estimate of drug-likeness (QED) is 0.771. The first-order chi connectivity index (χ1) is 13.8. The van der Waals surface area contributed by atoms with E-state index in [0.717, 1.165) is 0 Å². The molecular weight excluding hydrogens is 403 g/mol. The van der Waals surface area contributed by atoms with E-state index in [1.54, 1.807) is 17.8 Å². The maximum atomic E-state index is 14.7. The number of hydrogen-bond acceptors (Lipinski definition) is 5. The van der Waals surface area contributed by atoms with Crippen LogP contribution >= 0.6 is 11.6 Å². The second-order valence-corrected chi connectivity index (χ2v) is 8.03. The van der Waals surface area contributed by atoms with Crippen molar-refractivity contribution in [1.29, 1.82) is 0 Å². The van der Waals surface area contributed by atoms with E-state index in [-0.39, 0.29) is 23.1 Å². The summed E-state index contributed by atoms with van der Waals surface area (Å²) in [6, 6.07) is 1.00. The zero-order valence-corrected chi connectivity index (χ0v) is 16.9. The Hall–Kier alpha value is -2.39. The number of aliphatic hydroxyl groups excluding tert-OH is 1. The summed E-state index contributed by atoms with van der Waals surface area (Å²) in [5.41, 5.74) is -0.126. The van der Waals surface area contributed by atoms with E-state index < -0.39 is 29.6 Å². The molecule has 0 spiro atoms. The molecule has 2 atom stereocenters. The van der Waals surface area contributed by atoms with Gasteiger partial charge in [-0.2, -0.15) is 5.10 Å². The molecule has 0 radical (unpaired) electrons. The monoisotopic (exact) mass is 424 g/mol. The molecule has 1 aromatic heterocycles. The number of aliphatic hydroxyl groups is 1. The maximum Gasteiger partial charge on any atom is 0.415 e. The highest BCUT2D eigenvalue weighted by molar-refractivity contribution is 6.31. The molecule has 0 saturated carbocycles. The Labute approximate surface area is 171 Å². The van der Waals surface area contributed by atoms with Gasteiger partial charge in [-0.05, 0) is 38.7 Å². The molecule has 2 aromatic rings. The molecule has 0 bridgehead atoms. The molecule has 8 nitrogen and oxygen atoms in total. The fourth-order valence-electron chi connectivity index (χ4n) is 4.59. The summed E-state index contributed by atoms with van der Waals surface area (Å²) in [4.78, 5) is 25.2. The molecule has 1 fully saturated rings. The van der Waals surface area contributed by atoms with Crippen molar-refractivity contribution in [3.63, 3.8) is 0 Å². The summed E-state index contributed by atoms with van der Waals surface area (Å²) < 4.78 is 21.1. The van der Waals surface area contributed by atoms with Crippen LogP contribution in [0.1, 0.15) is 38.4 Å². The lowest BCUT2D eigenvalue weighted by atomic mass is 9.75. The first kappa shape index (κ1) is 19.9. The minimum absolute atomic E-state index is 0.0409. The smallest absolute Gasteiger partial charge is 0.415 e. The van der Waals surface area contributed by atoms with Crippen molar-refractivity contribution in [2.75, 3.05) is 19.7 Å². The second-order valence-electron chi connectivity index (χ2n) is 7.62. The molecule has 4 rings (SSSR count). The van der Waals surface area contributed by atoms with Gasteiger partial charge in [-0.25, -0.2) is 19.3 Å². The van der Waals surface area contributed by atoms with Crippen molar-refractivity contribution < 1.29 is 23.8 Å². The summed E-state index contributed by atoms with van der Waals surface area (Å²) in [6.45, 7) is 4.47. The number of likely N-dealkylation sites (tertiary alicyclic amines) is 1. The molecule has 2 aliphatic rings. The van der Waals surface area contributed by atoms with Crippen LogP contribution in [0.25, 0.3) is 10.9 Å². The van der Waals surface area contributed by atoms with Gasteiger partial charge in [0.1, 0.15) is 11.9 Å². The van der Waals surface area contributed by atoms with Gasteiger partial charge in [0.25, 0.3) is 0 Å². The van der Waals surface area contributed by atoms with Crippen LogP contribution in [0, 0.1) is 11.7 Å². The number of urea groups is 1. The number of hydrogen-bond donors (Lipinski definition) is 2. The highest BCUT2D eigenvalue weighted by atomic mass is 35.5. The van der Waals surface area contributed by atoms with Crippen molar-refractivity contribution in [1.82, 2.24) is 20.0 Å². The van der Waals surface area contributed by atoms with E-state index in [1.807, 2.05) is 6.92 Å². The lowest BCUT2D eigenvalue weighted by Gasteiger charge is -2.42. The first-order valence-electron chi connectivity index (χ1n) is 9.55. The van der Waals surface area contributed by atoms with Crippen molar-refractivity contribution in [3.05, 3.63) is 28.7 Å². The highest BCUT2D eigenvalue weighted by Crippen LogP contribution is 2.52. The predicted octanol–water partition coefficient (Wildman–Crippen LogP) is 3.17. The minimum Gasteiger partial charge on any atom is -0.450 e. The van der Waals surface area contributed by atoms with Crippen molar-refractivity contribution in [2.24, 2.45) is 5.92 Å². The number of benzene rings is 1. The van der Waals surface area contributed by atoms with E-state index in [2.05, 4.69) is 10.4 Å². The molecule has 1 saturated heterocycles. The Bertz CT molecular complexity index is 988. The van der Waals surface area contributed by atoms with Crippen LogP contribution in [0.15, 0.2) is 12.3 Å². The SMILES string of the molecule is CCOC(=O)NC(=O)N1CCC(C2(C)[C@H](O)c3c(F)c(Cl)cc4cnn2c34)CC1. The number of carbonyl (C=O) groups is 2. The molecule has 156 valence electrons. The Morgan fingerprint density at radius 3 is 2.79 bits per heavy atom. The summed E-state index contributed by atoms with van der Waals surface area (Å²) in [5, 5.41) is 18.3. The Morgan fingerprint density at radius 2 is 2.14 bits per heavy atom. The number of ether oxygens (including phenoxy) is 1. The maximum absolute atomic E-state index is 14.7. The van der Waals surface area contributed by atoms with Gasteiger partial charge in [0.2, 0.25) is 0 Å². The summed E-state index contributed by atoms with van der Waals surface area (Å²) in [6.07, 6.45) is 0.871. The third-order valence-electron chi connectivity index (χ3n) is 6.16. The Morgan fingerprint density at radius 1 is 1.45 bits per heavy atom. The molecule has 0 aliphatic carbocycles. The number of aromatic nitrogens is 2. The van der Waals surface area contributed by atoms with Gasteiger partial charge in [-0.15, -0.1) is 0 Å². The largest absolute Gasteiger partial charge is 0.450 e. The van der Waals surface area contributed by atoms with Crippen LogP contribution < -0.4 is 5.32 Å². The van der Waals surface area contributed by atoms with Gasteiger partial charge in [0.15, 0.2) is 0 Å². The molecule has 3 amide bonds. The number of halogens is 2. The van der Waals surface area contributed by atoms with Crippen molar-refractivity contribution >= 4 is 34.6 Å². The Balaban J connectivity index is 1.54. The van der Waals surface area contributed by atoms with Crippen molar-refractivity contribution in [3.8, 4) is 0 Å². The number of alkyl carbamates (subject to hydrolysis) is 1. The number of piperidine rings is 1. The number of amides is 3. The fraction of sp³-hybridized carbons (Fsp3) is 0.526. The summed E-state index contributed by atoms with van der Waals surface area (Å²) >= 11 is 6.00. The van der Waals surface area contributed by atoms with Crippen molar-refractivity contribution in [2.45, 2.75) is 38.3 Å². The fourth-order valence-corrected chi connectivity index (χ4v) is 4.81. The number of nitrogens with zero attached hydrogens (tertiary/aromatic N) is 3. The molecule has 2 N–H and O–H groups in total. The van der Waals surface area contributed by atoms with Crippen LogP contribution in [0.4, 0.5) is 14.0 Å². The third kappa shape index (κ3) is 2.95. The number of nitrogens with one attached hydrogen (secondary N) is 1. The highest BCUT2D eigenvalue weighted by Gasteiger charge is 2.52. The number of imide groups is 1. The molecule has 29 heavy (non-hydrogen) atoms. The summed E-state index contributed by atoms with van der Waals surface area (Å²) in [7, 11) is 0. The minimum atomic E-state index is -1.10. The van der Waals surface area contributed by atoms with Gasteiger partial charge < -0.3 is 14.7 Å². The lowest BCUT2D eigenvalue weighted by Crippen LogP contribution is -2.51. The molecular formula is C19H22ClFN4O4. The van der Waals surface area contributed by atoms with E-state index in [0.29, 0.717) is 36.8 Å². The molecule has 1 unspecified atom stereocenters. The van der Waals surface area contributed by atoms with Gasteiger partial charge in [0, 0.05) is 24.0 Å². The van der Waals surface area contributed by atoms with Crippen LogP contribution in [-0.2, 0) is 10.3 Å². The number of carbonyl (C=O) groups excluding carboxylic acids is 2. The molecule has 3 heterocycles. The van der Waals surface area contributed by atoms with E-state index in [9.17, 15) is 19.1 Å². The molecule has 1 aromatic carbocycles. The first-order valence-corrected chi connectivity index (χ1v) is 9.93. The normalized spacial score (nSPS) is 24.2. The standard InChI is InChI=1S/C19H22ClFN4O4/c1-3-29-18(28)23-17(27)24-6-4-11(5-7-24)19(2)16(26)13-14(21)12(20)8-10-9-22-25(19)15(10)13/h8-9,11,16,26H,3-7H2,1-2H3,(H,23,27,28)/t16-,19?/m1/s1.